The van der Waals surface area contributed by atoms with Gasteiger partial charge in [0.15, 0.2) is 5.76 Å². The summed E-state index contributed by atoms with van der Waals surface area (Å²) in [5.74, 6) is -0.317. The molecule has 8 nitrogen and oxygen atoms in total. The molecule has 0 spiro atoms. The van der Waals surface area contributed by atoms with Gasteiger partial charge in [-0.2, -0.15) is 0 Å². The Bertz CT molecular complexity index is 661. The molecule has 0 aromatic carbocycles. The number of carbonyl (C=O) groups excluding carboxylic acids is 3. The molecule has 27 heavy (non-hydrogen) atoms. The lowest BCUT2D eigenvalue weighted by Gasteiger charge is -2.39. The average molecular weight is 376 g/mol. The van der Waals surface area contributed by atoms with Crippen LogP contribution < -0.4 is 11.1 Å². The maximum Gasteiger partial charge on any atom is 0.290 e. The first-order valence-corrected chi connectivity index (χ1v) is 9.73. The van der Waals surface area contributed by atoms with Crippen molar-refractivity contribution in [2.75, 3.05) is 32.7 Å². The summed E-state index contributed by atoms with van der Waals surface area (Å²) in [7, 11) is 0. The fourth-order valence-electron chi connectivity index (χ4n) is 3.91. The second-order valence-corrected chi connectivity index (χ2v) is 7.19. The minimum absolute atomic E-state index is 0.0508. The number of rotatable bonds is 5. The van der Waals surface area contributed by atoms with Crippen LogP contribution in [0.1, 0.15) is 42.7 Å². The third kappa shape index (κ3) is 4.50. The van der Waals surface area contributed by atoms with Crippen molar-refractivity contribution < 1.29 is 18.8 Å². The molecule has 0 aliphatic carbocycles. The third-order valence-electron chi connectivity index (χ3n) is 5.33. The number of likely N-dealkylation sites (tertiary alicyclic amines) is 2. The lowest BCUT2D eigenvalue weighted by molar-refractivity contribution is -0.140. The Kier molecular flexibility index (Phi) is 6.49. The first-order valence-electron chi connectivity index (χ1n) is 9.73. The van der Waals surface area contributed by atoms with E-state index in [1.807, 2.05) is 0 Å². The molecule has 0 bridgehead atoms. The molecule has 148 valence electrons. The highest BCUT2D eigenvalue weighted by Crippen LogP contribution is 2.24. The van der Waals surface area contributed by atoms with Crippen LogP contribution in [-0.4, -0.2) is 66.3 Å². The van der Waals surface area contributed by atoms with E-state index in [1.165, 1.54) is 6.26 Å². The van der Waals surface area contributed by atoms with Crippen molar-refractivity contribution in [1.82, 2.24) is 15.1 Å². The lowest BCUT2D eigenvalue weighted by Crippen LogP contribution is -2.55. The van der Waals surface area contributed by atoms with E-state index < -0.39 is 6.04 Å². The van der Waals surface area contributed by atoms with Gasteiger partial charge in [0.1, 0.15) is 6.04 Å². The fraction of sp³-hybridized carbons (Fsp3) is 0.632. The molecule has 2 atom stereocenters. The van der Waals surface area contributed by atoms with Crippen LogP contribution in [0.2, 0.25) is 0 Å². The van der Waals surface area contributed by atoms with E-state index in [1.54, 1.807) is 21.9 Å². The van der Waals surface area contributed by atoms with Crippen LogP contribution >= 0.6 is 0 Å². The van der Waals surface area contributed by atoms with E-state index in [-0.39, 0.29) is 29.4 Å². The largest absolute Gasteiger partial charge is 0.459 e. The topological polar surface area (TPSA) is 109 Å². The maximum atomic E-state index is 13.2. The highest BCUT2D eigenvalue weighted by Gasteiger charge is 2.38. The summed E-state index contributed by atoms with van der Waals surface area (Å²) in [5, 5.41) is 2.81. The van der Waals surface area contributed by atoms with E-state index >= 15 is 0 Å². The van der Waals surface area contributed by atoms with Gasteiger partial charge in [0.25, 0.3) is 5.91 Å². The zero-order chi connectivity index (χ0) is 19.2. The molecular formula is C19H28N4O4. The normalized spacial score (nSPS) is 23.1. The molecule has 3 amide bonds. The van der Waals surface area contributed by atoms with Gasteiger partial charge in [-0.25, -0.2) is 0 Å². The first kappa shape index (κ1) is 19.4. The Morgan fingerprint density at radius 3 is 2.78 bits per heavy atom. The molecule has 0 saturated carbocycles. The van der Waals surface area contributed by atoms with Gasteiger partial charge in [0.05, 0.1) is 12.2 Å². The number of nitrogens with zero attached hydrogens (tertiary/aromatic N) is 2. The van der Waals surface area contributed by atoms with Crippen molar-refractivity contribution in [3.8, 4) is 0 Å². The quantitative estimate of drug-likeness (QED) is 0.782. The molecular weight excluding hydrogens is 348 g/mol. The fourth-order valence-corrected chi connectivity index (χ4v) is 3.91. The minimum Gasteiger partial charge on any atom is -0.459 e. The number of amides is 3. The van der Waals surface area contributed by atoms with Crippen LogP contribution in [0.4, 0.5) is 0 Å². The monoisotopic (exact) mass is 376 g/mol. The second kappa shape index (κ2) is 9.03. The van der Waals surface area contributed by atoms with Crippen molar-refractivity contribution in [2.45, 2.75) is 38.1 Å². The van der Waals surface area contributed by atoms with Gasteiger partial charge in [0.2, 0.25) is 11.8 Å². The minimum atomic E-state index is -0.484. The van der Waals surface area contributed by atoms with Gasteiger partial charge in [-0.1, -0.05) is 0 Å². The van der Waals surface area contributed by atoms with Crippen molar-refractivity contribution >= 4 is 17.7 Å². The van der Waals surface area contributed by atoms with Gasteiger partial charge < -0.3 is 25.3 Å². The van der Waals surface area contributed by atoms with E-state index in [2.05, 4.69) is 5.32 Å². The lowest BCUT2D eigenvalue weighted by atomic mass is 9.94. The number of hydrogen-bond donors (Lipinski definition) is 2. The zero-order valence-corrected chi connectivity index (χ0v) is 15.6. The molecule has 2 unspecified atom stereocenters. The molecule has 2 fully saturated rings. The van der Waals surface area contributed by atoms with Gasteiger partial charge in [-0.3, -0.25) is 14.4 Å². The molecule has 2 saturated heterocycles. The van der Waals surface area contributed by atoms with Crippen molar-refractivity contribution in [3.63, 3.8) is 0 Å². The molecule has 3 heterocycles. The van der Waals surface area contributed by atoms with Crippen LogP contribution in [0.15, 0.2) is 22.8 Å². The number of piperidine rings is 2. The first-order chi connectivity index (χ1) is 13.1. The van der Waals surface area contributed by atoms with Crippen molar-refractivity contribution in [1.29, 1.82) is 0 Å². The van der Waals surface area contributed by atoms with E-state index in [4.69, 9.17) is 10.2 Å². The molecule has 3 rings (SSSR count). The summed E-state index contributed by atoms with van der Waals surface area (Å²) >= 11 is 0. The van der Waals surface area contributed by atoms with Crippen LogP contribution in [-0.2, 0) is 9.59 Å². The molecule has 1 aromatic rings. The summed E-state index contributed by atoms with van der Waals surface area (Å²) in [4.78, 5) is 41.5. The highest BCUT2D eigenvalue weighted by atomic mass is 16.3. The van der Waals surface area contributed by atoms with Crippen molar-refractivity contribution in [2.24, 2.45) is 11.7 Å². The van der Waals surface area contributed by atoms with E-state index in [0.29, 0.717) is 39.1 Å². The van der Waals surface area contributed by atoms with E-state index in [0.717, 1.165) is 25.7 Å². The Morgan fingerprint density at radius 2 is 2.04 bits per heavy atom. The number of furan rings is 1. The molecule has 1 aromatic heterocycles. The Balaban J connectivity index is 1.67. The molecule has 2 aliphatic rings. The predicted molar refractivity (Wildman–Crippen MR) is 98.8 cm³/mol. The average Bonchev–Trinajstić information content (AvgIpc) is 3.26. The van der Waals surface area contributed by atoms with Gasteiger partial charge >= 0.3 is 0 Å². The predicted octanol–water partition coefficient (Wildman–Crippen LogP) is 0.588. The van der Waals surface area contributed by atoms with Gasteiger partial charge in [0, 0.05) is 32.7 Å². The van der Waals surface area contributed by atoms with E-state index in [9.17, 15) is 14.4 Å². The van der Waals surface area contributed by atoms with Gasteiger partial charge in [-0.15, -0.1) is 0 Å². The summed E-state index contributed by atoms with van der Waals surface area (Å²) in [6, 6.07) is 2.81. The number of hydrogen-bond acceptors (Lipinski definition) is 5. The molecule has 8 heteroatoms. The summed E-state index contributed by atoms with van der Waals surface area (Å²) < 4.78 is 5.23. The smallest absolute Gasteiger partial charge is 0.290 e. The highest BCUT2D eigenvalue weighted by molar-refractivity contribution is 5.95. The molecule has 2 aliphatic heterocycles. The molecule has 0 radical (unpaired) electrons. The number of nitrogens with two attached hydrogens (primary N) is 1. The summed E-state index contributed by atoms with van der Waals surface area (Å²) in [5.41, 5.74) is 5.44. The second-order valence-electron chi connectivity index (χ2n) is 7.19. The Labute approximate surface area is 159 Å². The SMILES string of the molecule is NCCNC(=O)C1CCCN(C(=O)C2CCCCN2C(=O)c2ccco2)C1. The Hall–Kier alpha value is -2.35. The Morgan fingerprint density at radius 1 is 1.19 bits per heavy atom. The number of nitrogens with one attached hydrogen (secondary N) is 1. The molecule has 3 N–H and O–H groups in total. The maximum absolute atomic E-state index is 13.2. The van der Waals surface area contributed by atoms with Crippen molar-refractivity contribution in [3.05, 3.63) is 24.2 Å². The standard InChI is InChI=1S/C19H28N4O4/c20-8-9-21-17(24)14-5-3-10-22(13-14)18(25)15-6-1-2-11-23(15)19(26)16-7-4-12-27-16/h4,7,12,14-15H,1-3,5-6,8-11,13,20H2,(H,21,24). The zero-order valence-electron chi connectivity index (χ0n) is 15.6. The third-order valence-corrected chi connectivity index (χ3v) is 5.33. The van der Waals surface area contributed by atoms with Gasteiger partial charge in [-0.05, 0) is 44.2 Å². The summed E-state index contributed by atoms with van der Waals surface area (Å²) in [6.07, 6.45) is 5.44. The van der Waals surface area contributed by atoms with Crippen LogP contribution in [0.25, 0.3) is 0 Å². The van der Waals surface area contributed by atoms with Crippen LogP contribution in [0.3, 0.4) is 0 Å². The number of carbonyl (C=O) groups is 3. The van der Waals surface area contributed by atoms with Crippen LogP contribution in [0, 0.1) is 5.92 Å². The van der Waals surface area contributed by atoms with Crippen LogP contribution in [0.5, 0.6) is 0 Å². The summed E-state index contributed by atoms with van der Waals surface area (Å²) in [6.45, 7) is 2.40.